The lowest BCUT2D eigenvalue weighted by atomic mass is 9.48. The number of nitriles is 1. The molecule has 1 heterocycles. The molecular weight excluding hydrogens is 681 g/mol. The molecule has 0 spiro atoms. The van der Waals surface area contributed by atoms with Crippen LogP contribution in [0.5, 0.6) is 0 Å². The molecule has 4 aliphatic carbocycles. The highest BCUT2D eigenvalue weighted by Crippen LogP contribution is 2.60. The highest BCUT2D eigenvalue weighted by atomic mass is 15.0. The van der Waals surface area contributed by atoms with Gasteiger partial charge in [-0.25, -0.2) is 15.0 Å². The van der Waals surface area contributed by atoms with E-state index in [2.05, 4.69) is 127 Å². The van der Waals surface area contributed by atoms with Gasteiger partial charge in [0, 0.05) is 22.1 Å². The zero-order chi connectivity index (χ0) is 37.2. The van der Waals surface area contributed by atoms with Crippen LogP contribution < -0.4 is 0 Å². The van der Waals surface area contributed by atoms with Crippen LogP contribution >= 0.6 is 0 Å². The number of aromatic nitrogens is 3. The van der Waals surface area contributed by atoms with Gasteiger partial charge in [0.25, 0.3) is 0 Å². The van der Waals surface area contributed by atoms with Gasteiger partial charge in [0.2, 0.25) is 0 Å². The molecule has 0 N–H and O–H groups in total. The minimum Gasteiger partial charge on any atom is -0.208 e. The van der Waals surface area contributed by atoms with Crippen molar-refractivity contribution in [2.24, 2.45) is 17.8 Å². The van der Waals surface area contributed by atoms with Crippen LogP contribution in [0, 0.1) is 29.1 Å². The van der Waals surface area contributed by atoms with Gasteiger partial charge < -0.3 is 0 Å². The van der Waals surface area contributed by atoms with E-state index < -0.39 is 0 Å². The molecule has 12 rings (SSSR count). The van der Waals surface area contributed by atoms with Gasteiger partial charge in [-0.2, -0.15) is 5.26 Å². The molecular formula is C52H40N4. The van der Waals surface area contributed by atoms with Gasteiger partial charge >= 0.3 is 0 Å². The van der Waals surface area contributed by atoms with E-state index in [4.69, 9.17) is 15.0 Å². The summed E-state index contributed by atoms with van der Waals surface area (Å²) < 4.78 is 0. The van der Waals surface area contributed by atoms with E-state index in [0.29, 0.717) is 28.5 Å². The Bertz CT molecular complexity index is 2780. The van der Waals surface area contributed by atoms with Crippen LogP contribution in [0.2, 0.25) is 0 Å². The van der Waals surface area contributed by atoms with Crippen molar-refractivity contribution >= 4 is 21.5 Å². The monoisotopic (exact) mass is 720 g/mol. The number of hydrogen-bond acceptors (Lipinski definition) is 4. The third kappa shape index (κ3) is 5.69. The molecule has 7 aromatic carbocycles. The molecule has 4 saturated carbocycles. The zero-order valence-corrected chi connectivity index (χ0v) is 31.2. The molecule has 0 radical (unpaired) electrons. The smallest absolute Gasteiger partial charge is 0.164 e. The largest absolute Gasteiger partial charge is 0.208 e. The summed E-state index contributed by atoms with van der Waals surface area (Å²) in [5, 5.41) is 14.2. The average Bonchev–Trinajstić information content (AvgIpc) is 3.26. The fraction of sp³-hybridized carbons (Fsp3) is 0.192. The van der Waals surface area contributed by atoms with E-state index >= 15 is 0 Å². The molecule has 1 aromatic heterocycles. The topological polar surface area (TPSA) is 62.5 Å². The van der Waals surface area contributed by atoms with Crippen LogP contribution in [0.25, 0.3) is 78.0 Å². The quantitative estimate of drug-likeness (QED) is 0.160. The predicted octanol–water partition coefficient (Wildman–Crippen LogP) is 12.9. The van der Waals surface area contributed by atoms with Gasteiger partial charge in [-0.15, -0.1) is 0 Å². The summed E-state index contributed by atoms with van der Waals surface area (Å²) in [6.45, 7) is 0. The lowest BCUT2D eigenvalue weighted by Crippen LogP contribution is -2.48. The van der Waals surface area contributed by atoms with Crippen LogP contribution in [-0.4, -0.2) is 15.0 Å². The van der Waals surface area contributed by atoms with Crippen molar-refractivity contribution in [3.63, 3.8) is 0 Å². The van der Waals surface area contributed by atoms with Crippen molar-refractivity contribution in [2.75, 3.05) is 0 Å². The maximum atomic E-state index is 9.91. The Morgan fingerprint density at radius 2 is 0.875 bits per heavy atom. The first-order valence-electron chi connectivity index (χ1n) is 20.1. The van der Waals surface area contributed by atoms with Crippen molar-refractivity contribution in [3.8, 4) is 62.5 Å². The Labute approximate surface area is 327 Å². The Morgan fingerprint density at radius 1 is 0.429 bits per heavy atom. The fourth-order valence-electron chi connectivity index (χ4n) is 10.8. The summed E-state index contributed by atoms with van der Waals surface area (Å²) in [6, 6.07) is 55.8. The van der Waals surface area contributed by atoms with Crippen molar-refractivity contribution in [1.29, 1.82) is 5.26 Å². The SMILES string of the molecule is N#Cc1cc2cc(-c3ccc(-c4nc(-c5ccc(-c6ccccc6)cc5)nc(-c5ccc(C67CC8CC(CC(C8)C6)C7)cc5)n4)cc3)ccc2c2ccccc12. The Kier molecular flexibility index (Phi) is 7.71. The molecule has 4 aliphatic rings. The summed E-state index contributed by atoms with van der Waals surface area (Å²) >= 11 is 0. The summed E-state index contributed by atoms with van der Waals surface area (Å²) in [4.78, 5) is 15.3. The molecule has 4 nitrogen and oxygen atoms in total. The highest BCUT2D eigenvalue weighted by Gasteiger charge is 2.51. The number of nitrogens with zero attached hydrogens (tertiary/aromatic N) is 4. The third-order valence-corrected chi connectivity index (χ3v) is 13.1. The van der Waals surface area contributed by atoms with E-state index in [0.717, 1.165) is 72.7 Å². The molecule has 0 atom stereocenters. The van der Waals surface area contributed by atoms with Crippen LogP contribution in [-0.2, 0) is 5.41 Å². The fourth-order valence-corrected chi connectivity index (χ4v) is 10.8. The second-order valence-corrected chi connectivity index (χ2v) is 16.6. The first kappa shape index (κ1) is 32.9. The van der Waals surface area contributed by atoms with E-state index in [1.54, 1.807) is 0 Å². The van der Waals surface area contributed by atoms with Gasteiger partial charge in [-0.1, -0.05) is 140 Å². The van der Waals surface area contributed by atoms with Crippen molar-refractivity contribution in [2.45, 2.75) is 43.9 Å². The van der Waals surface area contributed by atoms with E-state index in [1.165, 1.54) is 49.7 Å². The summed E-state index contributed by atoms with van der Waals surface area (Å²) in [7, 11) is 0. The van der Waals surface area contributed by atoms with Crippen LogP contribution in [0.3, 0.4) is 0 Å². The summed E-state index contributed by atoms with van der Waals surface area (Å²) in [6.07, 6.45) is 8.40. The van der Waals surface area contributed by atoms with E-state index in [-0.39, 0.29) is 0 Å². The molecule has 0 saturated heterocycles. The van der Waals surface area contributed by atoms with Gasteiger partial charge in [-0.05, 0) is 118 Å². The minimum absolute atomic E-state index is 0.349. The second-order valence-electron chi connectivity index (χ2n) is 16.6. The van der Waals surface area contributed by atoms with Gasteiger partial charge in [0.1, 0.15) is 0 Å². The first-order chi connectivity index (χ1) is 27.6. The number of rotatable bonds is 6. The lowest BCUT2D eigenvalue weighted by molar-refractivity contribution is -0.00518. The Hall–Kier alpha value is -6.44. The second kappa shape index (κ2) is 13.1. The number of hydrogen-bond donors (Lipinski definition) is 0. The van der Waals surface area contributed by atoms with Crippen molar-refractivity contribution in [1.82, 2.24) is 15.0 Å². The number of benzene rings is 7. The third-order valence-electron chi connectivity index (χ3n) is 13.1. The summed E-state index contributed by atoms with van der Waals surface area (Å²) in [5.74, 6) is 4.73. The van der Waals surface area contributed by atoms with Crippen molar-refractivity contribution in [3.05, 3.63) is 163 Å². The minimum atomic E-state index is 0.349. The van der Waals surface area contributed by atoms with Gasteiger partial charge in [-0.3, -0.25) is 0 Å². The molecule has 0 unspecified atom stereocenters. The molecule has 0 aliphatic heterocycles. The Balaban J connectivity index is 0.957. The van der Waals surface area contributed by atoms with Crippen LogP contribution in [0.1, 0.15) is 49.7 Å². The molecule has 8 aromatic rings. The summed E-state index contributed by atoms with van der Waals surface area (Å²) in [5.41, 5.74) is 9.98. The predicted molar refractivity (Wildman–Crippen MR) is 227 cm³/mol. The molecule has 4 bridgehead atoms. The van der Waals surface area contributed by atoms with Crippen LogP contribution in [0.15, 0.2) is 152 Å². The molecule has 4 fully saturated rings. The maximum absolute atomic E-state index is 9.91. The number of fused-ring (bicyclic) bond motifs is 3. The molecule has 4 heteroatoms. The van der Waals surface area contributed by atoms with Crippen LogP contribution in [0.4, 0.5) is 0 Å². The highest BCUT2D eigenvalue weighted by molar-refractivity contribution is 6.10. The molecule has 268 valence electrons. The van der Waals surface area contributed by atoms with E-state index in [1.807, 2.05) is 30.3 Å². The van der Waals surface area contributed by atoms with Gasteiger partial charge in [0.05, 0.1) is 11.6 Å². The maximum Gasteiger partial charge on any atom is 0.164 e. The normalized spacial score (nSPS) is 21.0. The average molecular weight is 721 g/mol. The Morgan fingerprint density at radius 3 is 1.43 bits per heavy atom. The first-order valence-corrected chi connectivity index (χ1v) is 20.1. The molecule has 56 heavy (non-hydrogen) atoms. The lowest BCUT2D eigenvalue weighted by Gasteiger charge is -2.57. The van der Waals surface area contributed by atoms with Crippen molar-refractivity contribution < 1.29 is 0 Å². The van der Waals surface area contributed by atoms with E-state index in [9.17, 15) is 5.26 Å². The standard InChI is InChI=1S/C52H40N4/c53-32-44-28-43-27-42(20-23-47(43)48-9-5-4-8-46(44)48)38-12-16-40(17-13-38)50-54-49(39-14-10-37(11-15-39)36-6-2-1-3-7-36)55-51(56-50)41-18-21-45(22-19-41)52-29-33-24-34(30-52)26-35(25-33)31-52/h1-23,27-28,33-35H,24-26,29-31H2. The zero-order valence-electron chi connectivity index (χ0n) is 31.2. The molecule has 0 amide bonds. The van der Waals surface area contributed by atoms with Gasteiger partial charge in [0.15, 0.2) is 17.5 Å².